The molecule has 5 heteroatoms. The summed E-state index contributed by atoms with van der Waals surface area (Å²) < 4.78 is 2.10. The third-order valence-corrected chi connectivity index (χ3v) is 5.00. The van der Waals surface area contributed by atoms with Gasteiger partial charge in [0, 0.05) is 19.2 Å². The predicted molar refractivity (Wildman–Crippen MR) is 83.2 cm³/mol. The summed E-state index contributed by atoms with van der Waals surface area (Å²) in [6.45, 7) is 2.12. The van der Waals surface area contributed by atoms with E-state index in [-0.39, 0.29) is 6.04 Å². The Morgan fingerprint density at radius 2 is 2.00 bits per heavy atom. The van der Waals surface area contributed by atoms with Crippen LogP contribution in [0.15, 0.2) is 38.6 Å². The van der Waals surface area contributed by atoms with Crippen LogP contribution in [0.4, 0.5) is 5.69 Å². The highest BCUT2D eigenvalue weighted by Crippen LogP contribution is 2.31. The van der Waals surface area contributed by atoms with E-state index in [1.807, 2.05) is 18.2 Å². The molecule has 0 bridgehead atoms. The van der Waals surface area contributed by atoms with Gasteiger partial charge in [0.05, 0.1) is 16.8 Å². The number of nitrogens with one attached hydrogen (secondary N) is 1. The second kappa shape index (κ2) is 5.74. The smallest absolute Gasteiger partial charge is 0.0648 e. The Kier molecular flexibility index (Phi) is 4.53. The van der Waals surface area contributed by atoms with Gasteiger partial charge in [0.25, 0.3) is 0 Å². The molecule has 1 aromatic carbocycles. The van der Waals surface area contributed by atoms with Crippen molar-refractivity contribution in [3.05, 3.63) is 48.5 Å². The van der Waals surface area contributed by atoms with Gasteiger partial charge in [-0.1, -0.05) is 27.5 Å². The molecule has 0 saturated heterocycles. The molecule has 1 unspecified atom stereocenters. The molecule has 17 heavy (non-hydrogen) atoms. The Labute approximate surface area is 126 Å². The molecule has 0 aliphatic heterocycles. The monoisotopic (exact) mass is 393 g/mol. The Bertz CT molecular complexity index is 527. The summed E-state index contributed by atoms with van der Waals surface area (Å²) >= 11 is 14.7. The van der Waals surface area contributed by atoms with Gasteiger partial charge >= 0.3 is 0 Å². The first-order valence-electron chi connectivity index (χ1n) is 5.02. The SMILES string of the molecule is CC(Nc1ccc(Br)cc1Cl)c1cc(Br)cs1. The third kappa shape index (κ3) is 3.47. The molecule has 1 atom stereocenters. The minimum absolute atomic E-state index is 0.241. The van der Waals surface area contributed by atoms with Crippen molar-refractivity contribution in [3.63, 3.8) is 0 Å². The third-order valence-electron chi connectivity index (χ3n) is 2.32. The fraction of sp³-hybridized carbons (Fsp3) is 0.167. The lowest BCUT2D eigenvalue weighted by Crippen LogP contribution is -2.05. The summed E-state index contributed by atoms with van der Waals surface area (Å²) in [4.78, 5) is 1.27. The van der Waals surface area contributed by atoms with Gasteiger partial charge in [-0.15, -0.1) is 11.3 Å². The van der Waals surface area contributed by atoms with Gasteiger partial charge < -0.3 is 5.32 Å². The van der Waals surface area contributed by atoms with E-state index >= 15 is 0 Å². The summed E-state index contributed by atoms with van der Waals surface area (Å²) in [7, 11) is 0. The maximum Gasteiger partial charge on any atom is 0.0648 e. The molecular formula is C12H10Br2ClNS. The highest BCUT2D eigenvalue weighted by Gasteiger charge is 2.09. The number of thiophene rings is 1. The first-order valence-corrected chi connectivity index (χ1v) is 7.86. The number of rotatable bonds is 3. The molecule has 1 N–H and O–H groups in total. The fourth-order valence-electron chi connectivity index (χ4n) is 1.47. The molecule has 1 heterocycles. The lowest BCUT2D eigenvalue weighted by molar-refractivity contribution is 0.907. The van der Waals surface area contributed by atoms with Crippen LogP contribution in [0.2, 0.25) is 5.02 Å². The van der Waals surface area contributed by atoms with Gasteiger partial charge in [0.15, 0.2) is 0 Å². The van der Waals surface area contributed by atoms with Crippen LogP contribution in [0.3, 0.4) is 0 Å². The van der Waals surface area contributed by atoms with Crippen molar-refractivity contribution in [1.82, 2.24) is 0 Å². The highest BCUT2D eigenvalue weighted by molar-refractivity contribution is 9.10. The van der Waals surface area contributed by atoms with Crippen molar-refractivity contribution in [2.75, 3.05) is 5.32 Å². The lowest BCUT2D eigenvalue weighted by atomic mass is 10.2. The maximum atomic E-state index is 6.17. The zero-order chi connectivity index (χ0) is 12.4. The summed E-state index contributed by atoms with van der Waals surface area (Å²) in [5.74, 6) is 0. The van der Waals surface area contributed by atoms with Crippen LogP contribution in [0, 0.1) is 0 Å². The molecular weight excluding hydrogens is 385 g/mol. The number of hydrogen-bond donors (Lipinski definition) is 1. The van der Waals surface area contributed by atoms with Crippen LogP contribution in [-0.2, 0) is 0 Å². The van der Waals surface area contributed by atoms with Gasteiger partial charge in [0.2, 0.25) is 0 Å². The highest BCUT2D eigenvalue weighted by atomic mass is 79.9. The zero-order valence-corrected chi connectivity index (χ0v) is 13.8. The average Bonchev–Trinajstić information content (AvgIpc) is 2.69. The normalized spacial score (nSPS) is 12.5. The van der Waals surface area contributed by atoms with Crippen molar-refractivity contribution in [2.45, 2.75) is 13.0 Å². The molecule has 0 radical (unpaired) electrons. The van der Waals surface area contributed by atoms with Gasteiger partial charge in [0.1, 0.15) is 0 Å². The van der Waals surface area contributed by atoms with E-state index in [0.29, 0.717) is 0 Å². The first kappa shape index (κ1) is 13.4. The molecule has 0 amide bonds. The first-order chi connectivity index (χ1) is 8.06. The molecule has 0 fully saturated rings. The quantitative estimate of drug-likeness (QED) is 0.662. The number of hydrogen-bond acceptors (Lipinski definition) is 2. The zero-order valence-electron chi connectivity index (χ0n) is 9.01. The molecule has 0 saturated carbocycles. The maximum absolute atomic E-state index is 6.17. The van der Waals surface area contributed by atoms with Crippen molar-refractivity contribution in [2.24, 2.45) is 0 Å². The van der Waals surface area contributed by atoms with E-state index in [2.05, 4.69) is 55.5 Å². The van der Waals surface area contributed by atoms with Gasteiger partial charge in [-0.3, -0.25) is 0 Å². The van der Waals surface area contributed by atoms with Crippen LogP contribution in [0.25, 0.3) is 0 Å². The molecule has 0 aliphatic rings. The summed E-state index contributed by atoms with van der Waals surface area (Å²) in [5, 5.41) is 6.21. The second-order valence-corrected chi connectivity index (χ2v) is 6.84. The lowest BCUT2D eigenvalue weighted by Gasteiger charge is -2.15. The van der Waals surface area contributed by atoms with Crippen LogP contribution < -0.4 is 5.32 Å². The average molecular weight is 396 g/mol. The van der Waals surface area contributed by atoms with Crippen LogP contribution in [0.1, 0.15) is 17.8 Å². The molecule has 1 aromatic heterocycles. The number of anilines is 1. The molecule has 2 aromatic rings. The Morgan fingerprint density at radius 3 is 2.59 bits per heavy atom. The van der Waals surface area contributed by atoms with Crippen molar-refractivity contribution in [3.8, 4) is 0 Å². The largest absolute Gasteiger partial charge is 0.377 e. The summed E-state index contributed by atoms with van der Waals surface area (Å²) in [6, 6.07) is 8.21. The summed E-state index contributed by atoms with van der Waals surface area (Å²) in [6.07, 6.45) is 0. The van der Waals surface area contributed by atoms with E-state index in [1.54, 1.807) is 11.3 Å². The van der Waals surface area contributed by atoms with Gasteiger partial charge in [-0.2, -0.15) is 0 Å². The molecule has 0 spiro atoms. The Balaban J connectivity index is 2.15. The number of halogens is 3. The number of benzene rings is 1. The molecule has 2 rings (SSSR count). The van der Waals surface area contributed by atoms with Crippen LogP contribution in [-0.4, -0.2) is 0 Å². The molecule has 0 aliphatic carbocycles. The standard InChI is InChI=1S/C12H10Br2ClNS/c1-7(12-5-9(14)6-17-12)16-11-3-2-8(13)4-10(11)15/h2-7,16H,1H3. The fourth-order valence-corrected chi connectivity index (χ4v) is 3.65. The Hall–Kier alpha value is -0.0300. The van der Waals surface area contributed by atoms with E-state index in [4.69, 9.17) is 11.6 Å². The molecule has 90 valence electrons. The van der Waals surface area contributed by atoms with Gasteiger partial charge in [-0.05, 0) is 47.1 Å². The van der Waals surface area contributed by atoms with E-state index in [0.717, 1.165) is 19.7 Å². The van der Waals surface area contributed by atoms with Crippen molar-refractivity contribution < 1.29 is 0 Å². The van der Waals surface area contributed by atoms with Crippen molar-refractivity contribution in [1.29, 1.82) is 0 Å². The van der Waals surface area contributed by atoms with Crippen LogP contribution >= 0.6 is 54.8 Å². The topological polar surface area (TPSA) is 12.0 Å². The van der Waals surface area contributed by atoms with E-state index in [9.17, 15) is 0 Å². The van der Waals surface area contributed by atoms with Crippen molar-refractivity contribution >= 4 is 60.5 Å². The minimum atomic E-state index is 0.241. The van der Waals surface area contributed by atoms with Gasteiger partial charge in [-0.25, -0.2) is 0 Å². The Morgan fingerprint density at radius 1 is 1.24 bits per heavy atom. The predicted octanol–water partition coefficient (Wildman–Crippen LogP) is 6.10. The second-order valence-electron chi connectivity index (χ2n) is 3.66. The molecule has 1 nitrogen and oxygen atoms in total. The van der Waals surface area contributed by atoms with E-state index in [1.165, 1.54) is 4.88 Å². The minimum Gasteiger partial charge on any atom is -0.377 e. The summed E-state index contributed by atoms with van der Waals surface area (Å²) in [5.41, 5.74) is 0.951. The van der Waals surface area contributed by atoms with Crippen LogP contribution in [0.5, 0.6) is 0 Å². The van der Waals surface area contributed by atoms with E-state index < -0.39 is 0 Å².